The molecule has 1 aliphatic rings. The van der Waals surface area contributed by atoms with Crippen LogP contribution in [0.4, 0.5) is 23.7 Å². The fraction of sp³-hybridized carbons (Fsp3) is 0.375. The predicted octanol–water partition coefficient (Wildman–Crippen LogP) is 3.64. The van der Waals surface area contributed by atoms with Crippen molar-refractivity contribution in [3.8, 4) is 0 Å². The summed E-state index contributed by atoms with van der Waals surface area (Å²) < 4.78 is 39.3. The number of carbonyl (C=O) groups excluding carboxylic acids is 1. The summed E-state index contributed by atoms with van der Waals surface area (Å²) in [5.41, 5.74) is 1.45. The first-order valence-electron chi connectivity index (χ1n) is 7.58. The Labute approximate surface area is 136 Å². The summed E-state index contributed by atoms with van der Waals surface area (Å²) in [7, 11) is 1.87. The number of alkyl halides is 3. The van der Waals surface area contributed by atoms with E-state index in [4.69, 9.17) is 0 Å². The van der Waals surface area contributed by atoms with E-state index in [0.717, 1.165) is 23.5 Å². The second-order valence-electron chi connectivity index (χ2n) is 5.84. The standard InChI is InChI=1S/C16H17F3N4O/c1-23-14(10-2-3-10)8-13(22-23)9-20-15(24)21-12-6-4-11(5-7-12)16(17,18)19/h4-8,10H,2-3,9H2,1H3,(H2,20,21,24). The van der Waals surface area contributed by atoms with E-state index in [-0.39, 0.29) is 6.54 Å². The molecular weight excluding hydrogens is 321 g/mol. The van der Waals surface area contributed by atoms with Gasteiger partial charge in [0.1, 0.15) is 0 Å². The van der Waals surface area contributed by atoms with Gasteiger partial charge in [0.05, 0.1) is 17.8 Å². The second kappa shape index (κ2) is 6.18. The number of carbonyl (C=O) groups is 1. The van der Waals surface area contributed by atoms with Crippen LogP contribution in [0.5, 0.6) is 0 Å². The Kier molecular flexibility index (Phi) is 4.21. The van der Waals surface area contributed by atoms with Crippen LogP contribution in [0.1, 0.15) is 35.7 Å². The maximum Gasteiger partial charge on any atom is 0.416 e. The van der Waals surface area contributed by atoms with E-state index in [1.165, 1.54) is 25.0 Å². The van der Waals surface area contributed by atoms with Crippen molar-refractivity contribution < 1.29 is 18.0 Å². The van der Waals surface area contributed by atoms with Gasteiger partial charge < -0.3 is 10.6 Å². The zero-order valence-corrected chi connectivity index (χ0v) is 13.0. The number of nitrogens with one attached hydrogen (secondary N) is 2. The molecule has 1 aliphatic carbocycles. The van der Waals surface area contributed by atoms with E-state index >= 15 is 0 Å². The number of hydrogen-bond donors (Lipinski definition) is 2. The molecule has 1 saturated carbocycles. The number of nitrogens with zero attached hydrogens (tertiary/aromatic N) is 2. The second-order valence-corrected chi connectivity index (χ2v) is 5.84. The molecule has 24 heavy (non-hydrogen) atoms. The lowest BCUT2D eigenvalue weighted by molar-refractivity contribution is -0.137. The van der Waals surface area contributed by atoms with E-state index in [1.54, 1.807) is 0 Å². The number of anilines is 1. The highest BCUT2D eigenvalue weighted by atomic mass is 19.4. The van der Waals surface area contributed by atoms with Crippen LogP contribution in [0.25, 0.3) is 0 Å². The van der Waals surface area contributed by atoms with E-state index in [2.05, 4.69) is 15.7 Å². The summed E-state index contributed by atoms with van der Waals surface area (Å²) in [6.07, 6.45) is -2.05. The van der Waals surface area contributed by atoms with Gasteiger partial charge in [-0.3, -0.25) is 4.68 Å². The van der Waals surface area contributed by atoms with Gasteiger partial charge in [0, 0.05) is 24.3 Å². The average molecular weight is 338 g/mol. The summed E-state index contributed by atoms with van der Waals surface area (Å²) in [4.78, 5) is 11.8. The Hall–Kier alpha value is -2.51. The molecule has 5 nitrogen and oxygen atoms in total. The van der Waals surface area contributed by atoms with Crippen LogP contribution < -0.4 is 10.6 Å². The quantitative estimate of drug-likeness (QED) is 0.894. The van der Waals surface area contributed by atoms with E-state index in [0.29, 0.717) is 11.6 Å². The first kappa shape index (κ1) is 16.4. The minimum Gasteiger partial charge on any atom is -0.332 e. The van der Waals surface area contributed by atoms with Crippen LogP contribution in [-0.2, 0) is 19.8 Å². The van der Waals surface area contributed by atoms with E-state index in [9.17, 15) is 18.0 Å². The topological polar surface area (TPSA) is 59.0 Å². The summed E-state index contributed by atoms with van der Waals surface area (Å²) in [5.74, 6) is 0.567. The Morgan fingerprint density at radius 1 is 1.29 bits per heavy atom. The lowest BCUT2D eigenvalue weighted by Crippen LogP contribution is -2.28. The van der Waals surface area contributed by atoms with E-state index < -0.39 is 17.8 Å². The van der Waals surface area contributed by atoms with Gasteiger partial charge in [0.15, 0.2) is 0 Å². The molecule has 1 aromatic carbocycles. The molecule has 0 atom stereocenters. The third kappa shape index (κ3) is 3.87. The number of rotatable bonds is 4. The van der Waals surface area contributed by atoms with Crippen molar-refractivity contribution in [1.29, 1.82) is 0 Å². The minimum absolute atomic E-state index is 0.257. The predicted molar refractivity (Wildman–Crippen MR) is 82.5 cm³/mol. The fourth-order valence-electron chi connectivity index (χ4n) is 2.48. The molecule has 1 aromatic heterocycles. The van der Waals surface area contributed by atoms with Crippen molar-refractivity contribution >= 4 is 11.7 Å². The highest BCUT2D eigenvalue weighted by Crippen LogP contribution is 2.39. The van der Waals surface area contributed by atoms with Crippen molar-refractivity contribution in [3.63, 3.8) is 0 Å². The Balaban J connectivity index is 1.53. The maximum absolute atomic E-state index is 12.5. The lowest BCUT2D eigenvalue weighted by Gasteiger charge is -2.09. The number of benzene rings is 1. The largest absolute Gasteiger partial charge is 0.416 e. The molecule has 0 saturated heterocycles. The highest BCUT2D eigenvalue weighted by Gasteiger charge is 2.30. The van der Waals surface area contributed by atoms with Crippen molar-refractivity contribution in [1.82, 2.24) is 15.1 Å². The number of aryl methyl sites for hydroxylation is 1. The van der Waals surface area contributed by atoms with Crippen LogP contribution in [0.15, 0.2) is 30.3 Å². The zero-order chi connectivity index (χ0) is 17.3. The third-order valence-corrected chi connectivity index (χ3v) is 3.86. The smallest absolute Gasteiger partial charge is 0.332 e. The number of amides is 2. The minimum atomic E-state index is -4.39. The van der Waals surface area contributed by atoms with Crippen molar-refractivity contribution in [2.24, 2.45) is 7.05 Å². The molecule has 0 spiro atoms. The summed E-state index contributed by atoms with van der Waals surface area (Å²) in [5, 5.41) is 9.48. The summed E-state index contributed by atoms with van der Waals surface area (Å²) >= 11 is 0. The molecule has 0 bridgehead atoms. The van der Waals surface area contributed by atoms with Gasteiger partial charge in [-0.15, -0.1) is 0 Å². The fourth-order valence-corrected chi connectivity index (χ4v) is 2.48. The normalized spacial score (nSPS) is 14.5. The molecule has 0 aliphatic heterocycles. The van der Waals surface area contributed by atoms with E-state index in [1.807, 2.05) is 17.8 Å². The highest BCUT2D eigenvalue weighted by molar-refractivity contribution is 5.89. The van der Waals surface area contributed by atoms with Gasteiger partial charge in [0.2, 0.25) is 0 Å². The molecule has 0 unspecified atom stereocenters. The molecule has 128 valence electrons. The zero-order valence-electron chi connectivity index (χ0n) is 13.0. The maximum atomic E-state index is 12.5. The number of urea groups is 1. The molecule has 1 heterocycles. The van der Waals surface area contributed by atoms with Gasteiger partial charge in [-0.25, -0.2) is 4.79 Å². The van der Waals surface area contributed by atoms with Crippen LogP contribution in [-0.4, -0.2) is 15.8 Å². The van der Waals surface area contributed by atoms with Crippen LogP contribution in [0.3, 0.4) is 0 Å². The van der Waals surface area contributed by atoms with Gasteiger partial charge >= 0.3 is 12.2 Å². The first-order valence-corrected chi connectivity index (χ1v) is 7.58. The van der Waals surface area contributed by atoms with Gasteiger partial charge in [0.25, 0.3) is 0 Å². The monoisotopic (exact) mass is 338 g/mol. The SMILES string of the molecule is Cn1nc(CNC(=O)Nc2ccc(C(F)(F)F)cc2)cc1C1CC1. The Bertz CT molecular complexity index is 733. The Morgan fingerprint density at radius 3 is 2.54 bits per heavy atom. The molecule has 2 aromatic rings. The lowest BCUT2D eigenvalue weighted by atomic mass is 10.2. The van der Waals surface area contributed by atoms with Crippen molar-refractivity contribution in [2.45, 2.75) is 31.5 Å². The van der Waals surface area contributed by atoms with Crippen molar-refractivity contribution in [2.75, 3.05) is 5.32 Å². The molecule has 0 radical (unpaired) electrons. The Morgan fingerprint density at radius 2 is 1.96 bits per heavy atom. The van der Waals surface area contributed by atoms with Gasteiger partial charge in [-0.05, 0) is 43.2 Å². The summed E-state index contributed by atoms with van der Waals surface area (Å²) in [6.45, 7) is 0.257. The molecule has 2 amide bonds. The van der Waals surface area contributed by atoms with Crippen LogP contribution in [0.2, 0.25) is 0 Å². The van der Waals surface area contributed by atoms with Gasteiger partial charge in [-0.2, -0.15) is 18.3 Å². The van der Waals surface area contributed by atoms with Crippen LogP contribution in [0, 0.1) is 0 Å². The average Bonchev–Trinajstić information content (AvgIpc) is 3.28. The molecule has 2 N–H and O–H groups in total. The molecular formula is C16H17F3N4O. The first-order chi connectivity index (χ1) is 11.3. The number of halogens is 3. The molecule has 8 heteroatoms. The third-order valence-electron chi connectivity index (χ3n) is 3.86. The van der Waals surface area contributed by atoms with Gasteiger partial charge in [-0.1, -0.05) is 0 Å². The number of aromatic nitrogens is 2. The van der Waals surface area contributed by atoms with Crippen LogP contribution >= 0.6 is 0 Å². The summed E-state index contributed by atoms with van der Waals surface area (Å²) in [6, 6.07) is 5.76. The van der Waals surface area contributed by atoms with Crippen molar-refractivity contribution in [3.05, 3.63) is 47.3 Å². The molecule has 1 fully saturated rings. The molecule has 3 rings (SSSR count). The number of hydrogen-bond acceptors (Lipinski definition) is 2.